The van der Waals surface area contributed by atoms with Gasteiger partial charge in [0.2, 0.25) is 0 Å². The van der Waals surface area contributed by atoms with Crippen molar-refractivity contribution in [3.63, 3.8) is 0 Å². The normalized spacial score (nSPS) is 10.8. The summed E-state index contributed by atoms with van der Waals surface area (Å²) in [5.41, 5.74) is 1.16. The number of hydrogen-bond donors (Lipinski definition) is 1. The molecule has 2 aromatic rings. The van der Waals surface area contributed by atoms with Crippen molar-refractivity contribution < 1.29 is 0 Å². The number of aromatic nitrogens is 1. The zero-order valence-electron chi connectivity index (χ0n) is 8.91. The SMILES string of the molecule is CCNCc1sc(-c2cccs2)nc1C. The van der Waals surface area contributed by atoms with Crippen molar-refractivity contribution in [2.24, 2.45) is 0 Å². The fourth-order valence-electron chi connectivity index (χ4n) is 1.34. The molecule has 0 aromatic carbocycles. The molecule has 2 rings (SSSR count). The Bertz CT molecular complexity index is 418. The third-order valence-corrected chi connectivity index (χ3v) is 4.36. The summed E-state index contributed by atoms with van der Waals surface area (Å²) in [5, 5.41) is 6.58. The molecule has 0 saturated carbocycles. The Kier molecular flexibility index (Phi) is 3.51. The average Bonchev–Trinajstić information content (AvgIpc) is 2.83. The minimum Gasteiger partial charge on any atom is -0.312 e. The van der Waals surface area contributed by atoms with Crippen LogP contribution in [-0.2, 0) is 6.54 Å². The van der Waals surface area contributed by atoms with E-state index in [2.05, 4.69) is 41.7 Å². The van der Waals surface area contributed by atoms with E-state index in [1.54, 1.807) is 22.7 Å². The summed E-state index contributed by atoms with van der Waals surface area (Å²) in [6.07, 6.45) is 0. The van der Waals surface area contributed by atoms with E-state index < -0.39 is 0 Å². The summed E-state index contributed by atoms with van der Waals surface area (Å²) in [6.45, 7) is 6.15. The van der Waals surface area contributed by atoms with Crippen LogP contribution in [0.2, 0.25) is 0 Å². The third kappa shape index (κ3) is 2.45. The first kappa shape index (κ1) is 10.8. The molecule has 4 heteroatoms. The molecule has 2 aromatic heterocycles. The van der Waals surface area contributed by atoms with Crippen molar-refractivity contribution in [3.8, 4) is 9.88 Å². The van der Waals surface area contributed by atoms with Gasteiger partial charge in [-0.15, -0.1) is 22.7 Å². The first-order chi connectivity index (χ1) is 7.31. The van der Waals surface area contributed by atoms with Gasteiger partial charge in [0, 0.05) is 11.4 Å². The zero-order chi connectivity index (χ0) is 10.7. The van der Waals surface area contributed by atoms with Crippen LogP contribution in [0.5, 0.6) is 0 Å². The maximum atomic E-state index is 4.59. The Morgan fingerprint density at radius 3 is 3.00 bits per heavy atom. The predicted octanol–water partition coefficient (Wildman–Crippen LogP) is 3.29. The molecule has 15 heavy (non-hydrogen) atoms. The van der Waals surface area contributed by atoms with Crippen LogP contribution in [0, 0.1) is 6.92 Å². The highest BCUT2D eigenvalue weighted by Crippen LogP contribution is 2.30. The van der Waals surface area contributed by atoms with E-state index >= 15 is 0 Å². The highest BCUT2D eigenvalue weighted by atomic mass is 32.1. The summed E-state index contributed by atoms with van der Waals surface area (Å²) in [5.74, 6) is 0. The van der Waals surface area contributed by atoms with E-state index in [0.717, 1.165) is 23.8 Å². The molecule has 0 atom stereocenters. The van der Waals surface area contributed by atoms with Gasteiger partial charge in [0.1, 0.15) is 5.01 Å². The van der Waals surface area contributed by atoms with E-state index in [0.29, 0.717) is 0 Å². The molecular weight excluding hydrogens is 224 g/mol. The fourth-order valence-corrected chi connectivity index (χ4v) is 3.17. The molecular formula is C11H14N2S2. The molecule has 0 amide bonds. The quantitative estimate of drug-likeness (QED) is 0.884. The van der Waals surface area contributed by atoms with E-state index in [-0.39, 0.29) is 0 Å². The second-order valence-corrected chi connectivity index (χ2v) is 5.32. The van der Waals surface area contributed by atoms with E-state index in [4.69, 9.17) is 0 Å². The number of aryl methyl sites for hydroxylation is 1. The Hall–Kier alpha value is -0.710. The third-order valence-electron chi connectivity index (χ3n) is 2.16. The van der Waals surface area contributed by atoms with Gasteiger partial charge in [-0.2, -0.15) is 0 Å². The van der Waals surface area contributed by atoms with Gasteiger partial charge >= 0.3 is 0 Å². The summed E-state index contributed by atoms with van der Waals surface area (Å²) in [6, 6.07) is 4.20. The number of nitrogens with zero attached hydrogens (tertiary/aromatic N) is 1. The molecule has 0 aliphatic rings. The predicted molar refractivity (Wildman–Crippen MR) is 67.5 cm³/mol. The van der Waals surface area contributed by atoms with Gasteiger partial charge in [-0.1, -0.05) is 13.0 Å². The molecule has 0 radical (unpaired) electrons. The number of nitrogens with one attached hydrogen (secondary N) is 1. The van der Waals surface area contributed by atoms with Crippen molar-refractivity contribution >= 4 is 22.7 Å². The second-order valence-electron chi connectivity index (χ2n) is 3.29. The summed E-state index contributed by atoms with van der Waals surface area (Å²) in [7, 11) is 0. The van der Waals surface area contributed by atoms with Crippen LogP contribution in [0.1, 0.15) is 17.5 Å². The zero-order valence-corrected chi connectivity index (χ0v) is 10.5. The second kappa shape index (κ2) is 4.88. The van der Waals surface area contributed by atoms with Crippen LogP contribution in [0.25, 0.3) is 9.88 Å². The van der Waals surface area contributed by atoms with Crippen molar-refractivity contribution in [1.29, 1.82) is 0 Å². The van der Waals surface area contributed by atoms with Crippen LogP contribution in [0.3, 0.4) is 0 Å². The molecule has 0 saturated heterocycles. The highest BCUT2D eigenvalue weighted by Gasteiger charge is 2.09. The average molecular weight is 238 g/mol. The number of rotatable bonds is 4. The topological polar surface area (TPSA) is 24.9 Å². The van der Waals surface area contributed by atoms with Gasteiger partial charge in [-0.05, 0) is 24.9 Å². The van der Waals surface area contributed by atoms with Gasteiger partial charge in [0.25, 0.3) is 0 Å². The molecule has 0 aliphatic heterocycles. The Balaban J connectivity index is 2.21. The largest absolute Gasteiger partial charge is 0.312 e. The lowest BCUT2D eigenvalue weighted by Crippen LogP contribution is -2.11. The van der Waals surface area contributed by atoms with Crippen LogP contribution < -0.4 is 5.32 Å². The summed E-state index contributed by atoms with van der Waals surface area (Å²) in [4.78, 5) is 7.21. The van der Waals surface area contributed by atoms with Crippen molar-refractivity contribution in [3.05, 3.63) is 28.1 Å². The van der Waals surface area contributed by atoms with Crippen molar-refractivity contribution in [1.82, 2.24) is 10.3 Å². The lowest BCUT2D eigenvalue weighted by Gasteiger charge is -1.97. The maximum Gasteiger partial charge on any atom is 0.133 e. The van der Waals surface area contributed by atoms with Crippen LogP contribution in [-0.4, -0.2) is 11.5 Å². The summed E-state index contributed by atoms with van der Waals surface area (Å²) < 4.78 is 0. The standard InChI is InChI=1S/C11H14N2S2/c1-3-12-7-10-8(2)13-11(15-10)9-5-4-6-14-9/h4-6,12H,3,7H2,1-2H3. The number of thiophene rings is 1. The molecule has 80 valence electrons. The molecule has 0 aliphatic carbocycles. The Morgan fingerprint density at radius 1 is 1.47 bits per heavy atom. The highest BCUT2D eigenvalue weighted by molar-refractivity contribution is 7.21. The van der Waals surface area contributed by atoms with Crippen LogP contribution >= 0.6 is 22.7 Å². The molecule has 0 spiro atoms. The van der Waals surface area contributed by atoms with Gasteiger partial charge in [0.05, 0.1) is 10.6 Å². The van der Waals surface area contributed by atoms with Gasteiger partial charge in [0.15, 0.2) is 0 Å². The molecule has 0 fully saturated rings. The monoisotopic (exact) mass is 238 g/mol. The molecule has 2 heterocycles. The minimum absolute atomic E-state index is 0.936. The van der Waals surface area contributed by atoms with Crippen molar-refractivity contribution in [2.75, 3.05) is 6.54 Å². The lowest BCUT2D eigenvalue weighted by atomic mass is 10.4. The lowest BCUT2D eigenvalue weighted by molar-refractivity contribution is 0.731. The number of thiazole rings is 1. The first-order valence-electron chi connectivity index (χ1n) is 5.02. The maximum absolute atomic E-state index is 4.59. The van der Waals surface area contributed by atoms with Gasteiger partial charge in [-0.3, -0.25) is 0 Å². The van der Waals surface area contributed by atoms with Crippen LogP contribution in [0.15, 0.2) is 17.5 Å². The van der Waals surface area contributed by atoms with Crippen molar-refractivity contribution in [2.45, 2.75) is 20.4 Å². The first-order valence-corrected chi connectivity index (χ1v) is 6.71. The van der Waals surface area contributed by atoms with Crippen LogP contribution in [0.4, 0.5) is 0 Å². The molecule has 0 unspecified atom stereocenters. The summed E-state index contributed by atoms with van der Waals surface area (Å²) >= 11 is 3.54. The molecule has 2 nitrogen and oxygen atoms in total. The smallest absolute Gasteiger partial charge is 0.133 e. The van der Waals surface area contributed by atoms with Gasteiger partial charge in [-0.25, -0.2) is 4.98 Å². The van der Waals surface area contributed by atoms with E-state index in [1.165, 1.54) is 9.75 Å². The van der Waals surface area contributed by atoms with E-state index in [1.807, 2.05) is 0 Å². The fraction of sp³-hybridized carbons (Fsp3) is 0.364. The van der Waals surface area contributed by atoms with Gasteiger partial charge < -0.3 is 5.32 Å². The molecule has 1 N–H and O–H groups in total. The molecule has 0 bridgehead atoms. The van der Waals surface area contributed by atoms with E-state index in [9.17, 15) is 0 Å². The number of hydrogen-bond acceptors (Lipinski definition) is 4. The Labute approximate surface area is 98.0 Å². The Morgan fingerprint density at radius 2 is 2.33 bits per heavy atom. The minimum atomic E-state index is 0.936.